The number of morpholine rings is 1. The van der Waals surface area contributed by atoms with Crippen LogP contribution in [0.5, 0.6) is 0 Å². The maximum atomic E-state index is 13.0. The number of rotatable bonds is 5. The molecule has 2 aliphatic heterocycles. The number of aromatic nitrogens is 1. The molecule has 0 saturated carbocycles. The lowest BCUT2D eigenvalue weighted by molar-refractivity contribution is 0.0513. The maximum absolute atomic E-state index is 13.0. The van der Waals surface area contributed by atoms with Gasteiger partial charge in [-0.3, -0.25) is 9.78 Å². The number of nitrogens with zero attached hydrogens (tertiary/aromatic N) is 2. The van der Waals surface area contributed by atoms with Gasteiger partial charge in [-0.15, -0.1) is 0 Å². The summed E-state index contributed by atoms with van der Waals surface area (Å²) in [7, 11) is 0. The Morgan fingerprint density at radius 2 is 1.75 bits per heavy atom. The van der Waals surface area contributed by atoms with Gasteiger partial charge in [0.25, 0.3) is 5.91 Å². The van der Waals surface area contributed by atoms with E-state index < -0.39 is 0 Å². The van der Waals surface area contributed by atoms with Gasteiger partial charge in [0.1, 0.15) is 0 Å². The Morgan fingerprint density at radius 3 is 2.43 bits per heavy atom. The molecule has 148 valence electrons. The molecule has 1 amide bonds. The van der Waals surface area contributed by atoms with E-state index in [0.29, 0.717) is 11.5 Å². The highest BCUT2D eigenvalue weighted by Crippen LogP contribution is 2.30. The van der Waals surface area contributed by atoms with Gasteiger partial charge in [0.15, 0.2) is 0 Å². The molecule has 2 aromatic rings. The summed E-state index contributed by atoms with van der Waals surface area (Å²) in [6.45, 7) is 4.76. The number of hydrogen-bond donors (Lipinski definition) is 1. The molecule has 4 rings (SSSR count). The van der Waals surface area contributed by atoms with Gasteiger partial charge in [0.2, 0.25) is 0 Å². The van der Waals surface area contributed by atoms with Gasteiger partial charge in [-0.1, -0.05) is 6.07 Å². The monoisotopic (exact) mass is 381 g/mol. The molecule has 1 unspecified atom stereocenters. The van der Waals surface area contributed by atoms with Crippen LogP contribution in [-0.2, 0) is 9.47 Å². The molecular weight excluding hydrogens is 354 g/mol. The molecule has 2 fully saturated rings. The van der Waals surface area contributed by atoms with Crippen LogP contribution in [0.2, 0.25) is 0 Å². The van der Waals surface area contributed by atoms with Crippen molar-refractivity contribution in [1.82, 2.24) is 10.3 Å². The normalized spacial score (nSPS) is 19.2. The van der Waals surface area contributed by atoms with Gasteiger partial charge in [-0.25, -0.2) is 0 Å². The fourth-order valence-electron chi connectivity index (χ4n) is 3.95. The number of pyridine rings is 1. The average Bonchev–Trinajstić information content (AvgIpc) is 2.79. The van der Waals surface area contributed by atoms with Crippen LogP contribution in [0.15, 0.2) is 48.8 Å². The minimum Gasteiger partial charge on any atom is -0.381 e. The van der Waals surface area contributed by atoms with E-state index in [1.165, 1.54) is 0 Å². The van der Waals surface area contributed by atoms with E-state index in [4.69, 9.17) is 9.47 Å². The zero-order valence-corrected chi connectivity index (χ0v) is 16.0. The Bertz CT molecular complexity index is 754. The number of amides is 1. The first-order valence-corrected chi connectivity index (χ1v) is 10.0. The van der Waals surface area contributed by atoms with Crippen molar-refractivity contribution in [1.29, 1.82) is 0 Å². The number of hydrogen-bond acceptors (Lipinski definition) is 5. The lowest BCUT2D eigenvalue weighted by Gasteiger charge is -2.31. The minimum atomic E-state index is -0.0518. The highest BCUT2D eigenvalue weighted by molar-refractivity contribution is 5.94. The van der Waals surface area contributed by atoms with Crippen molar-refractivity contribution in [2.24, 2.45) is 5.92 Å². The van der Waals surface area contributed by atoms with Crippen molar-refractivity contribution >= 4 is 11.6 Å². The van der Waals surface area contributed by atoms with Crippen LogP contribution in [0.1, 0.15) is 34.8 Å². The molecule has 1 N–H and O–H groups in total. The first-order chi connectivity index (χ1) is 13.8. The zero-order valence-electron chi connectivity index (χ0n) is 16.0. The molecule has 0 aliphatic carbocycles. The van der Waals surface area contributed by atoms with Crippen LogP contribution in [0.25, 0.3) is 0 Å². The number of ether oxygens (including phenoxy) is 2. The lowest BCUT2D eigenvalue weighted by atomic mass is 9.87. The molecule has 1 atom stereocenters. The molecule has 0 radical (unpaired) electrons. The van der Waals surface area contributed by atoms with Crippen molar-refractivity contribution in [3.63, 3.8) is 0 Å². The van der Waals surface area contributed by atoms with Crippen LogP contribution in [0.3, 0.4) is 0 Å². The molecule has 2 aliphatic rings. The summed E-state index contributed by atoms with van der Waals surface area (Å²) in [4.78, 5) is 19.5. The predicted octanol–water partition coefficient (Wildman–Crippen LogP) is 2.82. The third kappa shape index (κ3) is 4.51. The Kier molecular flexibility index (Phi) is 6.19. The van der Waals surface area contributed by atoms with Gasteiger partial charge in [-0.2, -0.15) is 0 Å². The second-order valence-corrected chi connectivity index (χ2v) is 7.33. The Labute approximate surface area is 165 Å². The summed E-state index contributed by atoms with van der Waals surface area (Å²) in [5.41, 5.74) is 2.86. The summed E-state index contributed by atoms with van der Waals surface area (Å²) in [5.74, 6) is 0.309. The molecule has 28 heavy (non-hydrogen) atoms. The molecule has 0 bridgehead atoms. The molecule has 0 spiro atoms. The maximum Gasteiger partial charge on any atom is 0.251 e. The van der Waals surface area contributed by atoms with Crippen molar-refractivity contribution < 1.29 is 14.3 Å². The Hall–Kier alpha value is -2.44. The van der Waals surface area contributed by atoms with Crippen molar-refractivity contribution in [2.75, 3.05) is 44.4 Å². The number of carbonyl (C=O) groups excluding carboxylic acids is 1. The Morgan fingerprint density at radius 1 is 1.04 bits per heavy atom. The van der Waals surface area contributed by atoms with E-state index in [-0.39, 0.29) is 11.9 Å². The highest BCUT2D eigenvalue weighted by atomic mass is 16.5. The van der Waals surface area contributed by atoms with Crippen molar-refractivity contribution in [2.45, 2.75) is 18.9 Å². The zero-order chi connectivity index (χ0) is 19.2. The first kappa shape index (κ1) is 18.9. The molecular formula is C22H27N3O3. The first-order valence-electron chi connectivity index (χ1n) is 10.0. The SMILES string of the molecule is O=C(NC(c1cccnc1)C1CCOCC1)c1ccc(N2CCOCC2)cc1. The van der Waals surface area contributed by atoms with Crippen molar-refractivity contribution in [3.8, 4) is 0 Å². The average molecular weight is 381 g/mol. The minimum absolute atomic E-state index is 0.0473. The second-order valence-electron chi connectivity index (χ2n) is 7.33. The number of benzene rings is 1. The summed E-state index contributed by atoms with van der Waals surface area (Å²) >= 11 is 0. The highest BCUT2D eigenvalue weighted by Gasteiger charge is 2.27. The van der Waals surface area contributed by atoms with Crippen LogP contribution in [0, 0.1) is 5.92 Å². The van der Waals surface area contributed by atoms with E-state index >= 15 is 0 Å². The van der Waals surface area contributed by atoms with Crippen LogP contribution in [-0.4, -0.2) is 50.4 Å². The molecule has 3 heterocycles. The largest absolute Gasteiger partial charge is 0.381 e. The third-order valence-electron chi connectivity index (χ3n) is 5.57. The van der Waals surface area contributed by atoms with Gasteiger partial charge in [-0.05, 0) is 54.7 Å². The molecule has 6 nitrogen and oxygen atoms in total. The fraction of sp³-hybridized carbons (Fsp3) is 0.455. The number of nitrogens with one attached hydrogen (secondary N) is 1. The van der Waals surface area contributed by atoms with Crippen LogP contribution >= 0.6 is 0 Å². The van der Waals surface area contributed by atoms with E-state index in [9.17, 15) is 4.79 Å². The standard InChI is InChI=1S/C22H27N3O3/c26-22(18-3-5-20(6-4-18)25-10-14-28-15-11-25)24-21(17-7-12-27-13-8-17)19-2-1-9-23-16-19/h1-6,9,16-17,21H,7-8,10-15H2,(H,24,26). The summed E-state index contributed by atoms with van der Waals surface area (Å²) in [5, 5.41) is 3.25. The van der Waals surface area contributed by atoms with Gasteiger partial charge in [0, 0.05) is 49.9 Å². The number of anilines is 1. The number of carbonyl (C=O) groups is 1. The smallest absolute Gasteiger partial charge is 0.251 e. The topological polar surface area (TPSA) is 63.7 Å². The fourth-order valence-corrected chi connectivity index (χ4v) is 3.95. The van der Waals surface area contributed by atoms with Gasteiger partial charge >= 0.3 is 0 Å². The lowest BCUT2D eigenvalue weighted by Crippen LogP contribution is -2.37. The van der Waals surface area contributed by atoms with Gasteiger partial charge < -0.3 is 19.7 Å². The van der Waals surface area contributed by atoms with Crippen molar-refractivity contribution in [3.05, 3.63) is 59.9 Å². The van der Waals surface area contributed by atoms with E-state index in [1.54, 1.807) is 6.20 Å². The second kappa shape index (κ2) is 9.17. The Balaban J connectivity index is 1.47. The summed E-state index contributed by atoms with van der Waals surface area (Å²) in [6.07, 6.45) is 5.49. The summed E-state index contributed by atoms with van der Waals surface area (Å²) in [6, 6.07) is 11.8. The quantitative estimate of drug-likeness (QED) is 0.863. The third-order valence-corrected chi connectivity index (χ3v) is 5.57. The molecule has 2 saturated heterocycles. The molecule has 1 aromatic carbocycles. The molecule has 1 aromatic heterocycles. The predicted molar refractivity (Wildman–Crippen MR) is 107 cm³/mol. The van der Waals surface area contributed by atoms with E-state index in [2.05, 4.69) is 15.2 Å². The molecule has 6 heteroatoms. The van der Waals surface area contributed by atoms with Crippen LogP contribution < -0.4 is 10.2 Å². The van der Waals surface area contributed by atoms with E-state index in [0.717, 1.165) is 63.6 Å². The summed E-state index contributed by atoms with van der Waals surface area (Å²) < 4.78 is 10.9. The van der Waals surface area contributed by atoms with E-state index in [1.807, 2.05) is 42.6 Å². The van der Waals surface area contributed by atoms with Crippen LogP contribution in [0.4, 0.5) is 5.69 Å². The van der Waals surface area contributed by atoms with Gasteiger partial charge in [0.05, 0.1) is 19.3 Å².